The van der Waals surface area contributed by atoms with E-state index in [0.717, 1.165) is 24.2 Å². The first-order valence-electron chi connectivity index (χ1n) is 6.07. The summed E-state index contributed by atoms with van der Waals surface area (Å²) in [4.78, 5) is 13.0. The van der Waals surface area contributed by atoms with Crippen molar-refractivity contribution in [1.29, 1.82) is 0 Å². The first kappa shape index (κ1) is 13.3. The third kappa shape index (κ3) is 3.42. The second kappa shape index (κ2) is 5.67. The van der Waals surface area contributed by atoms with Gasteiger partial charge in [-0.1, -0.05) is 12.1 Å². The molecule has 5 heteroatoms. The molecule has 1 heterocycles. The van der Waals surface area contributed by atoms with Crippen LogP contribution in [0.1, 0.15) is 10.4 Å². The lowest BCUT2D eigenvalue weighted by molar-refractivity contribution is 0.0697. The van der Waals surface area contributed by atoms with Gasteiger partial charge in [0.1, 0.15) is 0 Å². The number of likely N-dealkylation sites (N-methyl/N-ethyl adjacent to an activating group) is 1. The molecule has 1 aromatic carbocycles. The Kier molecular flexibility index (Phi) is 3.97. The number of aromatic carboxylic acids is 1. The van der Waals surface area contributed by atoms with Gasteiger partial charge < -0.3 is 10.0 Å². The lowest BCUT2D eigenvalue weighted by Crippen LogP contribution is -2.18. The largest absolute Gasteiger partial charge is 0.478 e. The molecule has 0 aliphatic heterocycles. The summed E-state index contributed by atoms with van der Waals surface area (Å²) in [6, 6.07) is 6.88. The molecule has 19 heavy (non-hydrogen) atoms. The van der Waals surface area contributed by atoms with Gasteiger partial charge in [-0.3, -0.25) is 4.68 Å². The Hall–Kier alpha value is -2.14. The number of benzene rings is 1. The third-order valence-corrected chi connectivity index (χ3v) is 2.85. The molecule has 100 valence electrons. The fourth-order valence-electron chi connectivity index (χ4n) is 1.77. The maximum absolute atomic E-state index is 10.9. The summed E-state index contributed by atoms with van der Waals surface area (Å²) >= 11 is 0. The molecule has 1 N–H and O–H groups in total. The van der Waals surface area contributed by atoms with E-state index < -0.39 is 5.97 Å². The van der Waals surface area contributed by atoms with Crippen molar-refractivity contribution in [3.8, 4) is 11.1 Å². The van der Waals surface area contributed by atoms with Crippen molar-refractivity contribution in [1.82, 2.24) is 14.7 Å². The first-order valence-corrected chi connectivity index (χ1v) is 6.07. The number of hydrogen-bond donors (Lipinski definition) is 1. The second-order valence-electron chi connectivity index (χ2n) is 4.68. The quantitative estimate of drug-likeness (QED) is 0.889. The average Bonchev–Trinajstić information content (AvgIpc) is 2.85. The van der Waals surface area contributed by atoms with E-state index in [1.807, 2.05) is 31.0 Å². The van der Waals surface area contributed by atoms with Crippen LogP contribution in [0.4, 0.5) is 0 Å². The van der Waals surface area contributed by atoms with Gasteiger partial charge >= 0.3 is 5.97 Å². The minimum absolute atomic E-state index is 0.290. The van der Waals surface area contributed by atoms with E-state index in [4.69, 9.17) is 5.11 Å². The predicted molar refractivity (Wildman–Crippen MR) is 73.2 cm³/mol. The van der Waals surface area contributed by atoms with Crippen LogP contribution in [0, 0.1) is 0 Å². The molecule has 5 nitrogen and oxygen atoms in total. The zero-order chi connectivity index (χ0) is 13.8. The molecular weight excluding hydrogens is 242 g/mol. The highest BCUT2D eigenvalue weighted by molar-refractivity contribution is 5.89. The van der Waals surface area contributed by atoms with Crippen molar-refractivity contribution >= 4 is 5.97 Å². The molecule has 0 saturated heterocycles. The Bertz CT molecular complexity index is 576. The topological polar surface area (TPSA) is 58.4 Å². The van der Waals surface area contributed by atoms with Gasteiger partial charge in [-0.25, -0.2) is 4.79 Å². The van der Waals surface area contributed by atoms with Gasteiger partial charge in [0, 0.05) is 18.3 Å². The normalized spacial score (nSPS) is 10.9. The minimum atomic E-state index is -0.915. The molecule has 0 bridgehead atoms. The number of rotatable bonds is 5. The zero-order valence-electron chi connectivity index (χ0n) is 11.1. The van der Waals surface area contributed by atoms with Crippen molar-refractivity contribution in [2.75, 3.05) is 20.6 Å². The van der Waals surface area contributed by atoms with E-state index in [1.165, 1.54) is 0 Å². The maximum Gasteiger partial charge on any atom is 0.335 e. The van der Waals surface area contributed by atoms with Gasteiger partial charge in [0.15, 0.2) is 0 Å². The van der Waals surface area contributed by atoms with Crippen molar-refractivity contribution in [3.63, 3.8) is 0 Å². The number of carboxylic acid groups (broad SMARTS) is 1. The summed E-state index contributed by atoms with van der Waals surface area (Å²) in [5.74, 6) is -0.915. The molecular formula is C14H17N3O2. The SMILES string of the molecule is CN(C)CCn1cc(-c2cccc(C(=O)O)c2)cn1. The number of hydrogen-bond acceptors (Lipinski definition) is 3. The van der Waals surface area contributed by atoms with Gasteiger partial charge in [-0.2, -0.15) is 5.10 Å². The Morgan fingerprint density at radius 2 is 2.16 bits per heavy atom. The lowest BCUT2D eigenvalue weighted by atomic mass is 10.1. The fourth-order valence-corrected chi connectivity index (χ4v) is 1.77. The Morgan fingerprint density at radius 1 is 1.37 bits per heavy atom. The molecule has 2 rings (SSSR count). The highest BCUT2D eigenvalue weighted by Crippen LogP contribution is 2.19. The monoisotopic (exact) mass is 259 g/mol. The molecule has 0 atom stereocenters. The van der Waals surface area contributed by atoms with Gasteiger partial charge in [0.2, 0.25) is 0 Å². The summed E-state index contributed by atoms with van der Waals surface area (Å²) in [6.45, 7) is 1.72. The summed E-state index contributed by atoms with van der Waals surface area (Å²) in [6.07, 6.45) is 3.70. The maximum atomic E-state index is 10.9. The van der Waals surface area contributed by atoms with Gasteiger partial charge in [-0.15, -0.1) is 0 Å². The Balaban J connectivity index is 2.18. The highest BCUT2D eigenvalue weighted by Gasteiger charge is 2.06. The summed E-state index contributed by atoms with van der Waals surface area (Å²) in [5.41, 5.74) is 2.09. The van der Waals surface area contributed by atoms with Crippen LogP contribution in [0.15, 0.2) is 36.7 Å². The van der Waals surface area contributed by atoms with Crippen LogP contribution < -0.4 is 0 Å². The molecule has 0 aliphatic carbocycles. The average molecular weight is 259 g/mol. The van der Waals surface area contributed by atoms with E-state index in [2.05, 4.69) is 10.00 Å². The van der Waals surface area contributed by atoms with E-state index in [1.54, 1.807) is 24.4 Å². The van der Waals surface area contributed by atoms with Crippen LogP contribution in [-0.4, -0.2) is 46.4 Å². The van der Waals surface area contributed by atoms with E-state index >= 15 is 0 Å². The second-order valence-corrected chi connectivity index (χ2v) is 4.68. The van der Waals surface area contributed by atoms with E-state index in [9.17, 15) is 4.79 Å². The van der Waals surface area contributed by atoms with Crippen LogP contribution in [0.3, 0.4) is 0 Å². The Morgan fingerprint density at radius 3 is 2.84 bits per heavy atom. The van der Waals surface area contributed by atoms with Crippen molar-refractivity contribution in [3.05, 3.63) is 42.2 Å². The van der Waals surface area contributed by atoms with Crippen molar-refractivity contribution in [2.45, 2.75) is 6.54 Å². The van der Waals surface area contributed by atoms with Crippen LogP contribution in [0.25, 0.3) is 11.1 Å². The fraction of sp³-hybridized carbons (Fsp3) is 0.286. The Labute approximate surface area is 112 Å². The van der Waals surface area contributed by atoms with E-state index in [0.29, 0.717) is 5.56 Å². The van der Waals surface area contributed by atoms with Crippen LogP contribution in [-0.2, 0) is 6.54 Å². The molecule has 0 amide bonds. The minimum Gasteiger partial charge on any atom is -0.478 e. The highest BCUT2D eigenvalue weighted by atomic mass is 16.4. The lowest BCUT2D eigenvalue weighted by Gasteiger charge is -2.08. The molecule has 0 saturated carbocycles. The summed E-state index contributed by atoms with van der Waals surface area (Å²) in [5, 5.41) is 13.3. The summed E-state index contributed by atoms with van der Waals surface area (Å²) in [7, 11) is 4.03. The molecule has 0 aliphatic rings. The smallest absolute Gasteiger partial charge is 0.335 e. The number of carbonyl (C=O) groups is 1. The van der Waals surface area contributed by atoms with Gasteiger partial charge in [-0.05, 0) is 31.8 Å². The number of aromatic nitrogens is 2. The molecule has 0 unspecified atom stereocenters. The van der Waals surface area contributed by atoms with Crippen molar-refractivity contribution in [2.24, 2.45) is 0 Å². The third-order valence-electron chi connectivity index (χ3n) is 2.85. The number of carboxylic acids is 1. The molecule has 2 aromatic rings. The molecule has 1 aromatic heterocycles. The van der Waals surface area contributed by atoms with Crippen LogP contribution in [0.2, 0.25) is 0 Å². The zero-order valence-corrected chi connectivity index (χ0v) is 11.1. The summed E-state index contributed by atoms with van der Waals surface area (Å²) < 4.78 is 1.86. The predicted octanol–water partition coefficient (Wildman–Crippen LogP) is 1.81. The first-order chi connectivity index (χ1) is 9.06. The molecule has 0 radical (unpaired) electrons. The standard InChI is InChI=1S/C14H17N3O2/c1-16(2)6-7-17-10-13(9-15-17)11-4-3-5-12(8-11)14(18)19/h3-5,8-10H,6-7H2,1-2H3,(H,18,19). The van der Waals surface area contributed by atoms with Crippen LogP contribution >= 0.6 is 0 Å². The van der Waals surface area contributed by atoms with Crippen LogP contribution in [0.5, 0.6) is 0 Å². The molecule has 0 spiro atoms. The molecule has 0 fully saturated rings. The van der Waals surface area contributed by atoms with Gasteiger partial charge in [0.25, 0.3) is 0 Å². The number of nitrogens with zero attached hydrogens (tertiary/aromatic N) is 3. The van der Waals surface area contributed by atoms with Crippen molar-refractivity contribution < 1.29 is 9.90 Å². The van der Waals surface area contributed by atoms with E-state index in [-0.39, 0.29) is 0 Å². The van der Waals surface area contributed by atoms with Gasteiger partial charge in [0.05, 0.1) is 18.3 Å².